The van der Waals surface area contributed by atoms with Crippen molar-refractivity contribution in [1.29, 1.82) is 0 Å². The van der Waals surface area contributed by atoms with E-state index in [0.717, 1.165) is 32.7 Å². The van der Waals surface area contributed by atoms with E-state index in [-0.39, 0.29) is 0 Å². The van der Waals surface area contributed by atoms with Gasteiger partial charge in [0.15, 0.2) is 0 Å². The van der Waals surface area contributed by atoms with Gasteiger partial charge in [0.25, 0.3) is 0 Å². The lowest BCUT2D eigenvalue weighted by Gasteiger charge is -2.02. The summed E-state index contributed by atoms with van der Waals surface area (Å²) >= 11 is 1.89. The van der Waals surface area contributed by atoms with E-state index in [1.165, 1.54) is 34.8 Å². The number of ether oxygens (including phenoxy) is 1. The van der Waals surface area contributed by atoms with Crippen LogP contribution in [0, 0.1) is 0 Å². The van der Waals surface area contributed by atoms with Crippen LogP contribution in [-0.4, -0.2) is 24.7 Å². The van der Waals surface area contributed by atoms with Gasteiger partial charge in [-0.25, -0.2) is 4.98 Å². The fourth-order valence-electron chi connectivity index (χ4n) is 1.96. The second kappa shape index (κ2) is 6.33. The quantitative estimate of drug-likeness (QED) is 0.742. The normalized spacial score (nSPS) is 14.3. The molecule has 90 valence electrons. The smallest absolute Gasteiger partial charge is 0.107 e. The standard InChI is InChI=1S/C12H20N2OS/c1-2-15-8-4-7-13-9-12-14-10-5-3-6-11(10)16-12/h13H,2-9H2,1H3. The van der Waals surface area contributed by atoms with Crippen molar-refractivity contribution in [3.05, 3.63) is 15.6 Å². The van der Waals surface area contributed by atoms with E-state index in [1.54, 1.807) is 0 Å². The molecule has 0 saturated carbocycles. The number of rotatable bonds is 7. The molecule has 3 nitrogen and oxygen atoms in total. The topological polar surface area (TPSA) is 34.1 Å². The molecule has 2 rings (SSSR count). The van der Waals surface area contributed by atoms with Crippen LogP contribution in [0.1, 0.15) is 35.3 Å². The molecule has 0 unspecified atom stereocenters. The Balaban J connectivity index is 1.62. The van der Waals surface area contributed by atoms with Gasteiger partial charge in [-0.3, -0.25) is 0 Å². The maximum atomic E-state index is 5.28. The summed E-state index contributed by atoms with van der Waals surface area (Å²) in [5.41, 5.74) is 1.36. The van der Waals surface area contributed by atoms with E-state index in [9.17, 15) is 0 Å². The number of hydrogen-bond acceptors (Lipinski definition) is 4. The number of hydrogen-bond donors (Lipinski definition) is 1. The number of thiazole rings is 1. The summed E-state index contributed by atoms with van der Waals surface area (Å²) in [4.78, 5) is 6.17. The summed E-state index contributed by atoms with van der Waals surface area (Å²) < 4.78 is 5.28. The van der Waals surface area contributed by atoms with Gasteiger partial charge in [0.1, 0.15) is 5.01 Å². The van der Waals surface area contributed by atoms with E-state index in [2.05, 4.69) is 10.3 Å². The van der Waals surface area contributed by atoms with Crippen molar-refractivity contribution in [3.63, 3.8) is 0 Å². The van der Waals surface area contributed by atoms with Gasteiger partial charge in [0.05, 0.1) is 5.69 Å². The average molecular weight is 240 g/mol. The molecule has 0 atom stereocenters. The number of aryl methyl sites for hydroxylation is 2. The molecular weight excluding hydrogens is 220 g/mol. The predicted molar refractivity (Wildman–Crippen MR) is 67.0 cm³/mol. The van der Waals surface area contributed by atoms with Crippen LogP contribution in [0.4, 0.5) is 0 Å². The fourth-order valence-corrected chi connectivity index (χ4v) is 3.08. The maximum Gasteiger partial charge on any atom is 0.107 e. The molecule has 1 aromatic heterocycles. The molecule has 0 amide bonds. The van der Waals surface area contributed by atoms with Crippen LogP contribution in [0.5, 0.6) is 0 Å². The van der Waals surface area contributed by atoms with Gasteiger partial charge in [0.2, 0.25) is 0 Å². The Morgan fingerprint density at radius 2 is 2.38 bits per heavy atom. The molecular formula is C12H20N2OS. The molecule has 4 heteroatoms. The van der Waals surface area contributed by atoms with Gasteiger partial charge in [-0.1, -0.05) is 0 Å². The average Bonchev–Trinajstić information content (AvgIpc) is 2.83. The molecule has 0 radical (unpaired) electrons. The van der Waals surface area contributed by atoms with E-state index in [4.69, 9.17) is 4.74 Å². The molecule has 1 heterocycles. The minimum absolute atomic E-state index is 0.819. The Morgan fingerprint density at radius 1 is 1.44 bits per heavy atom. The number of nitrogens with zero attached hydrogens (tertiary/aromatic N) is 1. The molecule has 1 aliphatic carbocycles. The molecule has 1 N–H and O–H groups in total. The third-order valence-electron chi connectivity index (χ3n) is 2.76. The van der Waals surface area contributed by atoms with E-state index >= 15 is 0 Å². The summed E-state index contributed by atoms with van der Waals surface area (Å²) in [5.74, 6) is 0. The lowest BCUT2D eigenvalue weighted by molar-refractivity contribution is 0.144. The Hall–Kier alpha value is -0.450. The monoisotopic (exact) mass is 240 g/mol. The third-order valence-corrected chi connectivity index (χ3v) is 3.92. The van der Waals surface area contributed by atoms with Gasteiger partial charge in [-0.2, -0.15) is 0 Å². The van der Waals surface area contributed by atoms with Crippen LogP contribution in [0.3, 0.4) is 0 Å². The Kier molecular flexibility index (Phi) is 4.75. The van der Waals surface area contributed by atoms with Crippen molar-refractivity contribution in [2.45, 2.75) is 39.2 Å². The highest BCUT2D eigenvalue weighted by Crippen LogP contribution is 2.27. The highest BCUT2D eigenvalue weighted by molar-refractivity contribution is 7.11. The minimum atomic E-state index is 0.819. The minimum Gasteiger partial charge on any atom is -0.382 e. The van der Waals surface area contributed by atoms with Crippen molar-refractivity contribution in [2.24, 2.45) is 0 Å². The molecule has 16 heavy (non-hydrogen) atoms. The summed E-state index contributed by atoms with van der Waals surface area (Å²) in [6, 6.07) is 0. The summed E-state index contributed by atoms with van der Waals surface area (Å²) in [6.45, 7) is 5.65. The largest absolute Gasteiger partial charge is 0.382 e. The Morgan fingerprint density at radius 3 is 3.19 bits per heavy atom. The zero-order chi connectivity index (χ0) is 11.2. The first-order valence-electron chi connectivity index (χ1n) is 6.16. The van der Waals surface area contributed by atoms with Crippen LogP contribution in [0.2, 0.25) is 0 Å². The highest BCUT2D eigenvalue weighted by Gasteiger charge is 2.15. The van der Waals surface area contributed by atoms with Crippen molar-refractivity contribution in [2.75, 3.05) is 19.8 Å². The van der Waals surface area contributed by atoms with Crippen LogP contribution < -0.4 is 5.32 Å². The van der Waals surface area contributed by atoms with Gasteiger partial charge in [-0.05, 0) is 39.2 Å². The summed E-state index contributed by atoms with van der Waals surface area (Å²) in [7, 11) is 0. The van der Waals surface area contributed by atoms with Crippen molar-refractivity contribution in [1.82, 2.24) is 10.3 Å². The molecule has 0 aromatic carbocycles. The summed E-state index contributed by atoms with van der Waals surface area (Å²) in [5, 5.41) is 4.67. The van der Waals surface area contributed by atoms with Crippen molar-refractivity contribution >= 4 is 11.3 Å². The first kappa shape index (κ1) is 12.0. The van der Waals surface area contributed by atoms with Crippen molar-refractivity contribution in [3.8, 4) is 0 Å². The number of fused-ring (bicyclic) bond motifs is 1. The molecule has 0 bridgehead atoms. The summed E-state index contributed by atoms with van der Waals surface area (Å²) in [6.07, 6.45) is 4.82. The zero-order valence-electron chi connectivity index (χ0n) is 9.92. The Labute approximate surface area is 101 Å². The third kappa shape index (κ3) is 3.27. The number of nitrogens with one attached hydrogen (secondary N) is 1. The first-order valence-corrected chi connectivity index (χ1v) is 6.97. The van der Waals surface area contributed by atoms with Gasteiger partial charge in [-0.15, -0.1) is 11.3 Å². The molecule has 1 aromatic rings. The van der Waals surface area contributed by atoms with Crippen LogP contribution in [0.25, 0.3) is 0 Å². The van der Waals surface area contributed by atoms with Crippen molar-refractivity contribution < 1.29 is 4.74 Å². The number of aromatic nitrogens is 1. The van der Waals surface area contributed by atoms with Crippen LogP contribution >= 0.6 is 11.3 Å². The molecule has 0 fully saturated rings. The SMILES string of the molecule is CCOCCCNCc1nc2c(s1)CCC2. The van der Waals surface area contributed by atoms with E-state index in [0.29, 0.717) is 0 Å². The van der Waals surface area contributed by atoms with Crippen LogP contribution in [0.15, 0.2) is 0 Å². The van der Waals surface area contributed by atoms with E-state index in [1.807, 2.05) is 18.3 Å². The lowest BCUT2D eigenvalue weighted by atomic mass is 10.4. The molecule has 0 spiro atoms. The zero-order valence-corrected chi connectivity index (χ0v) is 10.7. The second-order valence-corrected chi connectivity index (χ2v) is 5.23. The Bertz CT molecular complexity index is 303. The molecule has 0 aliphatic heterocycles. The second-order valence-electron chi connectivity index (χ2n) is 4.06. The molecule has 1 aliphatic rings. The predicted octanol–water partition coefficient (Wildman–Crippen LogP) is 2.15. The van der Waals surface area contributed by atoms with Gasteiger partial charge in [0, 0.05) is 24.6 Å². The van der Waals surface area contributed by atoms with Crippen LogP contribution in [-0.2, 0) is 24.1 Å². The maximum absolute atomic E-state index is 5.28. The highest BCUT2D eigenvalue weighted by atomic mass is 32.1. The van der Waals surface area contributed by atoms with Gasteiger partial charge < -0.3 is 10.1 Å². The lowest BCUT2D eigenvalue weighted by Crippen LogP contribution is -2.16. The van der Waals surface area contributed by atoms with E-state index < -0.39 is 0 Å². The fraction of sp³-hybridized carbons (Fsp3) is 0.750. The van der Waals surface area contributed by atoms with Gasteiger partial charge >= 0.3 is 0 Å². The molecule has 0 saturated heterocycles. The first-order chi connectivity index (χ1) is 7.90.